The van der Waals surface area contributed by atoms with Crippen molar-refractivity contribution < 1.29 is 14.6 Å². The first kappa shape index (κ1) is 13.5. The summed E-state index contributed by atoms with van der Waals surface area (Å²) in [6.07, 6.45) is 0. The Kier molecular flexibility index (Phi) is 4.37. The van der Waals surface area contributed by atoms with Crippen molar-refractivity contribution >= 4 is 21.8 Å². The van der Waals surface area contributed by atoms with Gasteiger partial charge in [-0.15, -0.1) is 0 Å². The van der Waals surface area contributed by atoms with Crippen LogP contribution in [0.25, 0.3) is 0 Å². The van der Waals surface area contributed by atoms with Crippen molar-refractivity contribution in [2.75, 3.05) is 26.4 Å². The van der Waals surface area contributed by atoms with E-state index < -0.39 is 0 Å². The lowest BCUT2D eigenvalue weighted by atomic mass is 10.1. The molecule has 2 rings (SSSR count). The predicted molar refractivity (Wildman–Crippen MR) is 71.6 cm³/mol. The van der Waals surface area contributed by atoms with E-state index in [0.29, 0.717) is 25.3 Å². The molecule has 18 heavy (non-hydrogen) atoms. The molecule has 1 atom stereocenters. The maximum Gasteiger partial charge on any atom is 0.254 e. The van der Waals surface area contributed by atoms with E-state index in [1.165, 1.54) is 0 Å². The van der Waals surface area contributed by atoms with Crippen molar-refractivity contribution in [1.82, 2.24) is 4.90 Å². The topological polar surface area (TPSA) is 49.8 Å². The van der Waals surface area contributed by atoms with Crippen molar-refractivity contribution in [1.29, 1.82) is 0 Å². The average molecular weight is 314 g/mol. The summed E-state index contributed by atoms with van der Waals surface area (Å²) in [5, 5.41) is 9.30. The predicted octanol–water partition coefficient (Wildman–Crippen LogP) is 1.59. The van der Waals surface area contributed by atoms with E-state index in [1.54, 1.807) is 4.90 Å². The SMILES string of the molecule is Cc1ccc(Br)cc1C(=O)N1CCOCC1CO. The molecule has 1 heterocycles. The van der Waals surface area contributed by atoms with E-state index in [9.17, 15) is 9.90 Å². The Bertz CT molecular complexity index is 450. The Morgan fingerprint density at radius 2 is 2.39 bits per heavy atom. The summed E-state index contributed by atoms with van der Waals surface area (Å²) in [5.41, 5.74) is 1.61. The summed E-state index contributed by atoms with van der Waals surface area (Å²) in [5.74, 6) is -0.0452. The zero-order chi connectivity index (χ0) is 13.1. The van der Waals surface area contributed by atoms with Gasteiger partial charge >= 0.3 is 0 Å². The van der Waals surface area contributed by atoms with Gasteiger partial charge in [0, 0.05) is 16.6 Å². The Labute approximate surface area is 115 Å². The molecule has 0 aromatic heterocycles. The summed E-state index contributed by atoms with van der Waals surface area (Å²) in [4.78, 5) is 14.2. The maximum absolute atomic E-state index is 12.5. The molecule has 1 aliphatic heterocycles. The van der Waals surface area contributed by atoms with E-state index in [0.717, 1.165) is 10.0 Å². The molecule has 1 aromatic carbocycles. The Balaban J connectivity index is 2.26. The van der Waals surface area contributed by atoms with E-state index in [1.807, 2.05) is 25.1 Å². The van der Waals surface area contributed by atoms with Crippen LogP contribution in [0.15, 0.2) is 22.7 Å². The Morgan fingerprint density at radius 1 is 1.61 bits per heavy atom. The zero-order valence-corrected chi connectivity index (χ0v) is 11.8. The number of carbonyl (C=O) groups excluding carboxylic acids is 1. The summed E-state index contributed by atoms with van der Waals surface area (Å²) in [6, 6.07) is 5.40. The van der Waals surface area contributed by atoms with Crippen LogP contribution in [0, 0.1) is 6.92 Å². The van der Waals surface area contributed by atoms with E-state index in [2.05, 4.69) is 15.9 Å². The van der Waals surface area contributed by atoms with Gasteiger partial charge in [0.05, 0.1) is 25.9 Å². The standard InChI is InChI=1S/C13H16BrNO3/c1-9-2-3-10(14)6-12(9)13(17)15-4-5-18-8-11(15)7-16/h2-3,6,11,16H,4-5,7-8H2,1H3. The number of rotatable bonds is 2. The molecule has 1 aliphatic rings. The van der Waals surface area contributed by atoms with Crippen LogP contribution < -0.4 is 0 Å². The van der Waals surface area contributed by atoms with Crippen LogP contribution in [0.3, 0.4) is 0 Å². The number of halogens is 1. The normalized spacial score (nSPS) is 19.9. The monoisotopic (exact) mass is 313 g/mol. The van der Waals surface area contributed by atoms with E-state index in [4.69, 9.17) is 4.74 Å². The minimum Gasteiger partial charge on any atom is -0.394 e. The highest BCUT2D eigenvalue weighted by Crippen LogP contribution is 2.19. The second-order valence-electron chi connectivity index (χ2n) is 4.37. The van der Waals surface area contributed by atoms with Crippen LogP contribution in [0.1, 0.15) is 15.9 Å². The first-order valence-electron chi connectivity index (χ1n) is 5.89. The van der Waals surface area contributed by atoms with Gasteiger partial charge < -0.3 is 14.7 Å². The number of ether oxygens (including phenoxy) is 1. The molecule has 98 valence electrons. The molecular weight excluding hydrogens is 298 g/mol. The number of aliphatic hydroxyl groups excluding tert-OH is 1. The van der Waals surface area contributed by atoms with E-state index >= 15 is 0 Å². The zero-order valence-electron chi connectivity index (χ0n) is 10.2. The summed E-state index contributed by atoms with van der Waals surface area (Å²) in [6.45, 7) is 3.29. The van der Waals surface area contributed by atoms with Crippen LogP contribution >= 0.6 is 15.9 Å². The van der Waals surface area contributed by atoms with Crippen molar-refractivity contribution in [3.63, 3.8) is 0 Å². The molecule has 0 radical (unpaired) electrons. The minimum atomic E-state index is -0.246. The fraction of sp³-hybridized carbons (Fsp3) is 0.462. The van der Waals surface area contributed by atoms with Gasteiger partial charge in [0.25, 0.3) is 5.91 Å². The third-order valence-electron chi connectivity index (χ3n) is 3.13. The molecule has 0 saturated carbocycles. The summed E-state index contributed by atoms with van der Waals surface area (Å²) in [7, 11) is 0. The number of morpholine rings is 1. The third-order valence-corrected chi connectivity index (χ3v) is 3.62. The number of hydrogen-bond acceptors (Lipinski definition) is 3. The first-order chi connectivity index (χ1) is 8.63. The molecule has 1 aromatic rings. The molecule has 1 fully saturated rings. The van der Waals surface area contributed by atoms with Crippen LogP contribution in [-0.2, 0) is 4.74 Å². The van der Waals surface area contributed by atoms with Crippen LogP contribution in [0.4, 0.5) is 0 Å². The summed E-state index contributed by atoms with van der Waals surface area (Å²) >= 11 is 3.38. The quantitative estimate of drug-likeness (QED) is 0.902. The van der Waals surface area contributed by atoms with Gasteiger partial charge in [0.1, 0.15) is 0 Å². The Hall–Kier alpha value is -0.910. The molecule has 0 bridgehead atoms. The van der Waals surface area contributed by atoms with Gasteiger partial charge in [-0.05, 0) is 24.6 Å². The van der Waals surface area contributed by atoms with Crippen LogP contribution in [-0.4, -0.2) is 48.3 Å². The van der Waals surface area contributed by atoms with Crippen LogP contribution in [0.5, 0.6) is 0 Å². The molecule has 4 nitrogen and oxygen atoms in total. The number of aliphatic hydroxyl groups is 1. The molecule has 0 spiro atoms. The van der Waals surface area contributed by atoms with Crippen molar-refractivity contribution in [2.45, 2.75) is 13.0 Å². The molecular formula is C13H16BrNO3. The number of hydrogen-bond donors (Lipinski definition) is 1. The fourth-order valence-corrected chi connectivity index (χ4v) is 2.41. The van der Waals surface area contributed by atoms with Crippen LogP contribution in [0.2, 0.25) is 0 Å². The molecule has 5 heteroatoms. The lowest BCUT2D eigenvalue weighted by molar-refractivity contribution is -0.0184. The molecule has 0 aliphatic carbocycles. The highest BCUT2D eigenvalue weighted by molar-refractivity contribution is 9.10. The number of amides is 1. The maximum atomic E-state index is 12.5. The lowest BCUT2D eigenvalue weighted by Gasteiger charge is -2.34. The van der Waals surface area contributed by atoms with Gasteiger partial charge in [0.15, 0.2) is 0 Å². The van der Waals surface area contributed by atoms with Gasteiger partial charge in [-0.3, -0.25) is 4.79 Å². The second kappa shape index (κ2) is 5.82. The van der Waals surface area contributed by atoms with Gasteiger partial charge in [-0.25, -0.2) is 0 Å². The molecule has 1 amide bonds. The smallest absolute Gasteiger partial charge is 0.254 e. The average Bonchev–Trinajstić information content (AvgIpc) is 2.40. The first-order valence-corrected chi connectivity index (χ1v) is 6.68. The van der Waals surface area contributed by atoms with Crippen molar-refractivity contribution in [2.24, 2.45) is 0 Å². The second-order valence-corrected chi connectivity index (χ2v) is 5.28. The number of aryl methyl sites for hydroxylation is 1. The largest absolute Gasteiger partial charge is 0.394 e. The lowest BCUT2D eigenvalue weighted by Crippen LogP contribution is -2.50. The molecule has 1 saturated heterocycles. The van der Waals surface area contributed by atoms with Gasteiger partial charge in [-0.1, -0.05) is 22.0 Å². The van der Waals surface area contributed by atoms with Crippen molar-refractivity contribution in [3.05, 3.63) is 33.8 Å². The fourth-order valence-electron chi connectivity index (χ4n) is 2.05. The van der Waals surface area contributed by atoms with Gasteiger partial charge in [-0.2, -0.15) is 0 Å². The minimum absolute atomic E-state index is 0.0452. The van der Waals surface area contributed by atoms with Crippen molar-refractivity contribution in [3.8, 4) is 0 Å². The number of nitrogens with zero attached hydrogens (tertiary/aromatic N) is 1. The highest BCUT2D eigenvalue weighted by atomic mass is 79.9. The van der Waals surface area contributed by atoms with E-state index in [-0.39, 0.29) is 18.6 Å². The highest BCUT2D eigenvalue weighted by Gasteiger charge is 2.28. The number of carbonyl (C=O) groups is 1. The molecule has 1 N–H and O–H groups in total. The molecule has 1 unspecified atom stereocenters. The third kappa shape index (κ3) is 2.74. The summed E-state index contributed by atoms with van der Waals surface area (Å²) < 4.78 is 6.16. The Morgan fingerprint density at radius 3 is 3.11 bits per heavy atom. The number of benzene rings is 1. The van der Waals surface area contributed by atoms with Gasteiger partial charge in [0.2, 0.25) is 0 Å².